The van der Waals surface area contributed by atoms with Crippen LogP contribution in [0.4, 0.5) is 5.69 Å². The third kappa shape index (κ3) is 2.93. The Labute approximate surface area is 107 Å². The summed E-state index contributed by atoms with van der Waals surface area (Å²) in [6, 6.07) is 13.6. The van der Waals surface area contributed by atoms with Gasteiger partial charge in [-0.15, -0.1) is 0 Å². The molecule has 0 bridgehead atoms. The molecule has 0 amide bonds. The van der Waals surface area contributed by atoms with E-state index < -0.39 is 0 Å². The summed E-state index contributed by atoms with van der Waals surface area (Å²) in [5, 5.41) is 0. The fourth-order valence-corrected chi connectivity index (χ4v) is 1.76. The van der Waals surface area contributed by atoms with Gasteiger partial charge in [0.2, 0.25) is 0 Å². The van der Waals surface area contributed by atoms with Crippen LogP contribution in [0.3, 0.4) is 0 Å². The number of para-hydroxylation sites is 1. The van der Waals surface area contributed by atoms with Gasteiger partial charge < -0.3 is 5.43 Å². The van der Waals surface area contributed by atoms with E-state index in [4.69, 9.17) is 5.84 Å². The highest BCUT2D eigenvalue weighted by Gasteiger charge is 2.05. The fourth-order valence-electron chi connectivity index (χ4n) is 1.76. The van der Waals surface area contributed by atoms with Gasteiger partial charge in [-0.3, -0.25) is 0 Å². The van der Waals surface area contributed by atoms with Crippen molar-refractivity contribution in [3.8, 4) is 0 Å². The van der Waals surface area contributed by atoms with E-state index in [0.29, 0.717) is 5.84 Å². The van der Waals surface area contributed by atoms with Crippen LogP contribution in [0.15, 0.2) is 47.5 Å². The van der Waals surface area contributed by atoms with Crippen molar-refractivity contribution in [3.63, 3.8) is 0 Å². The molecule has 2 aromatic rings. The van der Waals surface area contributed by atoms with Crippen molar-refractivity contribution in [1.29, 1.82) is 0 Å². The third-order valence-electron chi connectivity index (χ3n) is 2.47. The Hall–Kier alpha value is -2.20. The number of pyridine rings is 1. The van der Waals surface area contributed by atoms with Gasteiger partial charge in [0.1, 0.15) is 5.69 Å². The van der Waals surface area contributed by atoms with Crippen molar-refractivity contribution >= 4 is 11.5 Å². The summed E-state index contributed by atoms with van der Waals surface area (Å²) in [4.78, 5) is 8.88. The second-order valence-corrected chi connectivity index (χ2v) is 4.11. The maximum Gasteiger partial charge on any atom is 0.166 e. The van der Waals surface area contributed by atoms with E-state index >= 15 is 0 Å². The molecule has 0 saturated carbocycles. The van der Waals surface area contributed by atoms with Gasteiger partial charge in [-0.2, -0.15) is 0 Å². The third-order valence-corrected chi connectivity index (χ3v) is 2.47. The largest absolute Gasteiger partial charge is 0.307 e. The van der Waals surface area contributed by atoms with E-state index in [1.807, 2.05) is 56.3 Å². The van der Waals surface area contributed by atoms with Crippen LogP contribution in [0.5, 0.6) is 0 Å². The number of aliphatic imine (C=N–C) groups is 1. The second-order valence-electron chi connectivity index (χ2n) is 4.11. The van der Waals surface area contributed by atoms with Crippen LogP contribution >= 0.6 is 0 Å². The van der Waals surface area contributed by atoms with Crippen molar-refractivity contribution in [1.82, 2.24) is 10.4 Å². The average molecular weight is 240 g/mol. The molecule has 0 spiro atoms. The topological polar surface area (TPSA) is 63.3 Å². The highest BCUT2D eigenvalue weighted by molar-refractivity contribution is 5.98. The summed E-state index contributed by atoms with van der Waals surface area (Å²) in [7, 11) is 0. The van der Waals surface area contributed by atoms with Gasteiger partial charge in [-0.1, -0.05) is 18.2 Å². The molecular weight excluding hydrogens is 224 g/mol. The van der Waals surface area contributed by atoms with Crippen LogP contribution in [0, 0.1) is 13.8 Å². The van der Waals surface area contributed by atoms with E-state index in [-0.39, 0.29) is 0 Å². The Morgan fingerprint density at radius 1 is 1.17 bits per heavy atom. The molecule has 0 atom stereocenters. The smallest absolute Gasteiger partial charge is 0.166 e. The minimum absolute atomic E-state index is 0.563. The lowest BCUT2D eigenvalue weighted by Crippen LogP contribution is -2.31. The standard InChI is InChI=1S/C14H16N4/c1-10-8-11(2)16-13(9-10)14(18-15)17-12-6-4-3-5-7-12/h3-9H,15H2,1-2H3,(H,17,18). The Bertz CT molecular complexity index is 541. The van der Waals surface area contributed by atoms with Crippen molar-refractivity contribution in [2.24, 2.45) is 10.8 Å². The molecule has 2 rings (SSSR count). The van der Waals surface area contributed by atoms with Crippen molar-refractivity contribution < 1.29 is 0 Å². The zero-order chi connectivity index (χ0) is 13.0. The summed E-state index contributed by atoms with van der Waals surface area (Å²) >= 11 is 0. The Morgan fingerprint density at radius 3 is 2.50 bits per heavy atom. The molecule has 4 nitrogen and oxygen atoms in total. The summed E-state index contributed by atoms with van der Waals surface area (Å²) in [5.74, 6) is 6.09. The van der Waals surface area contributed by atoms with Crippen LogP contribution in [-0.4, -0.2) is 10.8 Å². The number of amidine groups is 1. The number of hydrogen-bond donors (Lipinski definition) is 2. The van der Waals surface area contributed by atoms with Crippen molar-refractivity contribution in [3.05, 3.63) is 59.4 Å². The molecule has 0 fully saturated rings. The first-order valence-electron chi connectivity index (χ1n) is 5.75. The lowest BCUT2D eigenvalue weighted by Gasteiger charge is -2.07. The molecule has 3 N–H and O–H groups in total. The molecule has 0 aliphatic carbocycles. The first kappa shape index (κ1) is 12.3. The fraction of sp³-hybridized carbons (Fsp3) is 0.143. The number of benzene rings is 1. The molecular formula is C14H16N4. The number of nitrogens with two attached hydrogens (primary N) is 1. The van der Waals surface area contributed by atoms with E-state index in [1.54, 1.807) is 0 Å². The number of aryl methyl sites for hydroxylation is 2. The highest BCUT2D eigenvalue weighted by Crippen LogP contribution is 2.12. The molecule has 0 aliphatic heterocycles. The molecule has 0 unspecified atom stereocenters. The number of rotatable bonds is 2. The van der Waals surface area contributed by atoms with Gasteiger partial charge in [-0.25, -0.2) is 15.8 Å². The van der Waals surface area contributed by atoms with Gasteiger partial charge >= 0.3 is 0 Å². The summed E-state index contributed by atoms with van der Waals surface area (Å²) in [5.41, 5.74) is 6.28. The van der Waals surface area contributed by atoms with E-state index in [2.05, 4.69) is 15.4 Å². The summed E-state index contributed by atoms with van der Waals surface area (Å²) in [6.45, 7) is 3.97. The number of nitrogens with zero attached hydrogens (tertiary/aromatic N) is 2. The summed E-state index contributed by atoms with van der Waals surface area (Å²) in [6.07, 6.45) is 0. The predicted molar refractivity (Wildman–Crippen MR) is 73.7 cm³/mol. The molecule has 4 heteroatoms. The molecule has 0 aliphatic rings. The molecule has 0 radical (unpaired) electrons. The SMILES string of the molecule is Cc1cc(C)nc(C(=Nc2ccccc2)NN)c1. The monoisotopic (exact) mass is 240 g/mol. The lowest BCUT2D eigenvalue weighted by atomic mass is 10.2. The maximum atomic E-state index is 5.53. The minimum atomic E-state index is 0.563. The van der Waals surface area contributed by atoms with E-state index in [9.17, 15) is 0 Å². The predicted octanol–water partition coefficient (Wildman–Crippen LogP) is 2.24. The first-order chi connectivity index (χ1) is 8.69. The Morgan fingerprint density at radius 2 is 1.89 bits per heavy atom. The van der Waals surface area contributed by atoms with Crippen molar-refractivity contribution in [2.45, 2.75) is 13.8 Å². The van der Waals surface area contributed by atoms with Gasteiger partial charge in [0.25, 0.3) is 0 Å². The zero-order valence-electron chi connectivity index (χ0n) is 10.5. The summed E-state index contributed by atoms with van der Waals surface area (Å²) < 4.78 is 0. The van der Waals surface area contributed by atoms with E-state index in [0.717, 1.165) is 22.6 Å². The number of hydrazine groups is 1. The number of nitrogens with one attached hydrogen (secondary N) is 1. The van der Waals surface area contributed by atoms with Crippen molar-refractivity contribution in [2.75, 3.05) is 0 Å². The van der Waals surface area contributed by atoms with Gasteiger partial charge in [0, 0.05) is 5.69 Å². The molecule has 92 valence electrons. The molecule has 1 aromatic heterocycles. The van der Waals surface area contributed by atoms with Gasteiger partial charge in [-0.05, 0) is 43.7 Å². The van der Waals surface area contributed by atoms with Crippen LogP contribution in [0.1, 0.15) is 17.0 Å². The first-order valence-corrected chi connectivity index (χ1v) is 5.75. The normalized spacial score (nSPS) is 11.4. The zero-order valence-corrected chi connectivity index (χ0v) is 10.5. The molecule has 18 heavy (non-hydrogen) atoms. The second kappa shape index (κ2) is 5.42. The average Bonchev–Trinajstić information content (AvgIpc) is 2.36. The lowest BCUT2D eigenvalue weighted by molar-refractivity contribution is 1.00. The number of aromatic nitrogens is 1. The molecule has 1 aromatic carbocycles. The minimum Gasteiger partial charge on any atom is -0.307 e. The quantitative estimate of drug-likeness (QED) is 0.366. The van der Waals surface area contributed by atoms with E-state index in [1.165, 1.54) is 0 Å². The van der Waals surface area contributed by atoms with Gasteiger partial charge in [0.05, 0.1) is 5.69 Å². The highest BCUT2D eigenvalue weighted by atomic mass is 15.3. The van der Waals surface area contributed by atoms with Gasteiger partial charge in [0.15, 0.2) is 5.84 Å². The maximum absolute atomic E-state index is 5.53. The van der Waals surface area contributed by atoms with Crippen LogP contribution in [-0.2, 0) is 0 Å². The van der Waals surface area contributed by atoms with Crippen LogP contribution in [0.2, 0.25) is 0 Å². The number of hydrogen-bond acceptors (Lipinski definition) is 3. The molecule has 0 saturated heterocycles. The van der Waals surface area contributed by atoms with Crippen LogP contribution in [0.25, 0.3) is 0 Å². The Kier molecular flexibility index (Phi) is 3.69. The Balaban J connectivity index is 2.42. The van der Waals surface area contributed by atoms with Crippen LogP contribution < -0.4 is 11.3 Å². The molecule has 1 heterocycles.